The molecular formula is C40H42Cl2FN9O2S. The van der Waals surface area contributed by atoms with Gasteiger partial charge in [0.25, 0.3) is 0 Å². The quantitative estimate of drug-likeness (QED) is 0.136. The summed E-state index contributed by atoms with van der Waals surface area (Å²) < 4.78 is 19.1. The van der Waals surface area contributed by atoms with Gasteiger partial charge in [0.15, 0.2) is 0 Å². The average molecular weight is 803 g/mol. The number of hydrogen-bond donors (Lipinski definition) is 1. The maximum Gasteiger partial charge on any atom is 0.320 e. The van der Waals surface area contributed by atoms with E-state index in [9.17, 15) is 9.90 Å². The summed E-state index contributed by atoms with van der Waals surface area (Å²) in [6.45, 7) is 6.36. The van der Waals surface area contributed by atoms with Crippen LogP contribution in [-0.2, 0) is 38.8 Å². The van der Waals surface area contributed by atoms with Gasteiger partial charge in [-0.1, -0.05) is 66.5 Å². The Morgan fingerprint density at radius 2 is 1.76 bits per heavy atom. The molecule has 15 heteroatoms. The summed E-state index contributed by atoms with van der Waals surface area (Å²) in [6, 6.07) is 19.5. The molecule has 286 valence electrons. The number of hydrogen-bond acceptors (Lipinski definition) is 8. The Balaban J connectivity index is 1.20. The standard InChI is InChI=1S/C40H42Cl2FN9O2S/c1-27-10-11-34(35(43)14-27)40(54,23-52-26-45-24-46-52)28(2)38-47-36(22-55-38)37-21-50(13-12-49(37)20-33-17-44-25-48(33)3)39(53)51(18-29-6-4-8-31(41)15-29)19-30-7-5-9-32(42)16-30/h4-11,14-17,22,24-26,28,37,54H,12-13,18-21,23H2,1-3H3/t28-,37+,40+/m0/s1. The number of aryl methyl sites for hydroxylation is 2. The van der Waals surface area contributed by atoms with E-state index >= 15 is 4.39 Å². The number of aliphatic hydroxyl groups is 1. The number of amides is 2. The zero-order valence-electron chi connectivity index (χ0n) is 30.8. The molecule has 1 saturated heterocycles. The van der Waals surface area contributed by atoms with Crippen molar-refractivity contribution in [2.75, 3.05) is 19.6 Å². The predicted octanol–water partition coefficient (Wildman–Crippen LogP) is 7.60. The van der Waals surface area contributed by atoms with Crippen molar-refractivity contribution < 1.29 is 14.3 Å². The van der Waals surface area contributed by atoms with Gasteiger partial charge in [0.2, 0.25) is 0 Å². The zero-order chi connectivity index (χ0) is 38.7. The van der Waals surface area contributed by atoms with Gasteiger partial charge in [0.1, 0.15) is 24.1 Å². The normalized spacial score (nSPS) is 16.6. The maximum atomic E-state index is 15.6. The average Bonchev–Trinajstić information content (AvgIpc) is 3.95. The Bertz CT molecular complexity index is 2200. The van der Waals surface area contributed by atoms with Crippen LogP contribution in [0.25, 0.3) is 0 Å². The first kappa shape index (κ1) is 38.6. The third-order valence-electron chi connectivity index (χ3n) is 10.3. The molecule has 0 saturated carbocycles. The third kappa shape index (κ3) is 8.76. The highest BCUT2D eigenvalue weighted by Gasteiger charge is 2.42. The molecule has 11 nitrogen and oxygen atoms in total. The molecule has 4 heterocycles. The molecule has 55 heavy (non-hydrogen) atoms. The first-order valence-electron chi connectivity index (χ1n) is 18.0. The van der Waals surface area contributed by atoms with Crippen molar-refractivity contribution >= 4 is 40.6 Å². The van der Waals surface area contributed by atoms with Crippen LogP contribution in [0.1, 0.15) is 57.5 Å². The van der Waals surface area contributed by atoms with Crippen LogP contribution >= 0.6 is 34.5 Å². The Morgan fingerprint density at radius 1 is 1.04 bits per heavy atom. The van der Waals surface area contributed by atoms with Crippen LogP contribution in [0.3, 0.4) is 0 Å². The van der Waals surface area contributed by atoms with Gasteiger partial charge in [-0.05, 0) is 53.9 Å². The first-order valence-corrected chi connectivity index (χ1v) is 19.6. The summed E-state index contributed by atoms with van der Waals surface area (Å²) in [5.41, 5.74) is 2.81. The van der Waals surface area contributed by atoms with Crippen molar-refractivity contribution in [3.05, 3.63) is 152 Å². The van der Waals surface area contributed by atoms with E-state index in [-0.39, 0.29) is 24.2 Å². The van der Waals surface area contributed by atoms with Crippen molar-refractivity contribution in [3.63, 3.8) is 0 Å². The summed E-state index contributed by atoms with van der Waals surface area (Å²) in [5.74, 6) is -1.14. The summed E-state index contributed by atoms with van der Waals surface area (Å²) in [6.07, 6.45) is 6.51. The first-order chi connectivity index (χ1) is 26.5. The van der Waals surface area contributed by atoms with E-state index in [0.29, 0.717) is 54.3 Å². The molecule has 0 spiro atoms. The molecule has 7 rings (SSSR count). The fourth-order valence-electron chi connectivity index (χ4n) is 7.16. The van der Waals surface area contributed by atoms with Crippen LogP contribution in [0.4, 0.5) is 9.18 Å². The second kappa shape index (κ2) is 16.6. The highest BCUT2D eigenvalue weighted by molar-refractivity contribution is 7.09. The van der Waals surface area contributed by atoms with Gasteiger partial charge in [-0.25, -0.2) is 28.8 Å². The zero-order valence-corrected chi connectivity index (χ0v) is 33.1. The summed E-state index contributed by atoms with van der Waals surface area (Å²) in [4.78, 5) is 34.1. The minimum Gasteiger partial charge on any atom is -0.382 e. The third-order valence-corrected chi connectivity index (χ3v) is 11.8. The molecule has 3 aromatic carbocycles. The van der Waals surface area contributed by atoms with Gasteiger partial charge in [-0.2, -0.15) is 5.10 Å². The second-order valence-corrected chi connectivity index (χ2v) is 15.9. The number of piperazine rings is 1. The lowest BCUT2D eigenvalue weighted by Crippen LogP contribution is -2.53. The number of urea groups is 1. The van der Waals surface area contributed by atoms with Crippen LogP contribution in [0.2, 0.25) is 10.0 Å². The van der Waals surface area contributed by atoms with Gasteiger partial charge in [-0.3, -0.25) is 4.90 Å². The highest BCUT2D eigenvalue weighted by atomic mass is 35.5. The minimum atomic E-state index is -1.70. The number of imidazole rings is 1. The number of aromatic nitrogens is 6. The van der Waals surface area contributed by atoms with E-state index in [2.05, 4.69) is 20.0 Å². The van der Waals surface area contributed by atoms with Gasteiger partial charge in [-0.15, -0.1) is 11.3 Å². The number of carbonyl (C=O) groups is 1. The Kier molecular flexibility index (Phi) is 11.7. The van der Waals surface area contributed by atoms with Crippen LogP contribution in [0, 0.1) is 12.7 Å². The summed E-state index contributed by atoms with van der Waals surface area (Å²) in [7, 11) is 1.96. The van der Waals surface area contributed by atoms with Crippen molar-refractivity contribution in [2.24, 2.45) is 7.05 Å². The number of benzene rings is 3. The molecule has 0 unspecified atom stereocenters. The molecule has 1 aliphatic heterocycles. The molecule has 2 amide bonds. The molecule has 3 aromatic heterocycles. The number of rotatable bonds is 12. The van der Waals surface area contributed by atoms with Crippen LogP contribution in [0.15, 0.2) is 97.3 Å². The molecule has 0 radical (unpaired) electrons. The smallest absolute Gasteiger partial charge is 0.320 e. The van der Waals surface area contributed by atoms with Crippen molar-refractivity contribution in [2.45, 2.75) is 57.6 Å². The molecule has 0 bridgehead atoms. The van der Waals surface area contributed by atoms with Crippen LogP contribution in [-0.4, -0.2) is 74.8 Å². The Hall–Kier alpha value is -4.66. The minimum absolute atomic E-state index is 0.0313. The SMILES string of the molecule is Cc1ccc([C@@](O)(Cn2cncn2)[C@@H](C)c2nc([C@H]3CN(C(=O)N(Cc4cccc(Cl)c4)Cc4cccc(Cl)c4)CCN3Cc3cncn3C)cs2)c(F)c1. The van der Waals surface area contributed by atoms with Gasteiger partial charge in [0, 0.05) is 79.4 Å². The van der Waals surface area contributed by atoms with E-state index in [1.807, 2.05) is 95.4 Å². The lowest BCUT2D eigenvalue weighted by Gasteiger charge is -2.42. The molecule has 1 aliphatic rings. The molecule has 3 atom stereocenters. The monoisotopic (exact) mass is 801 g/mol. The largest absolute Gasteiger partial charge is 0.382 e. The topological polar surface area (TPSA) is 108 Å². The number of halogens is 3. The van der Waals surface area contributed by atoms with Crippen LogP contribution < -0.4 is 0 Å². The van der Waals surface area contributed by atoms with Gasteiger partial charge < -0.3 is 19.5 Å². The van der Waals surface area contributed by atoms with Crippen LogP contribution in [0.5, 0.6) is 0 Å². The van der Waals surface area contributed by atoms with E-state index < -0.39 is 17.3 Å². The molecule has 1 fully saturated rings. The number of nitrogens with zero attached hydrogens (tertiary/aromatic N) is 9. The fourth-order valence-corrected chi connectivity index (χ4v) is 8.59. The van der Waals surface area contributed by atoms with Gasteiger partial charge in [0.05, 0.1) is 35.3 Å². The van der Waals surface area contributed by atoms with Crippen molar-refractivity contribution in [3.8, 4) is 0 Å². The number of carbonyl (C=O) groups excluding carboxylic acids is 1. The Morgan fingerprint density at radius 3 is 2.38 bits per heavy atom. The molecule has 1 N–H and O–H groups in total. The van der Waals surface area contributed by atoms with E-state index in [4.69, 9.17) is 28.2 Å². The van der Waals surface area contributed by atoms with Crippen molar-refractivity contribution in [1.82, 2.24) is 44.0 Å². The van der Waals surface area contributed by atoms with E-state index in [1.165, 1.54) is 34.7 Å². The fraction of sp³-hybridized carbons (Fsp3) is 0.325. The lowest BCUT2D eigenvalue weighted by atomic mass is 9.81. The Labute approximate surface area is 333 Å². The van der Waals surface area contributed by atoms with E-state index in [0.717, 1.165) is 28.1 Å². The molecule has 0 aliphatic carbocycles. The maximum absolute atomic E-state index is 15.6. The summed E-state index contributed by atoms with van der Waals surface area (Å²) >= 11 is 14.1. The summed E-state index contributed by atoms with van der Waals surface area (Å²) in [5, 5.41) is 20.5. The predicted molar refractivity (Wildman–Crippen MR) is 211 cm³/mol. The second-order valence-electron chi connectivity index (χ2n) is 14.2. The number of thiazole rings is 1. The lowest BCUT2D eigenvalue weighted by molar-refractivity contribution is -0.0113. The van der Waals surface area contributed by atoms with Gasteiger partial charge >= 0.3 is 6.03 Å². The molecular weight excluding hydrogens is 760 g/mol. The highest BCUT2D eigenvalue weighted by Crippen LogP contribution is 2.42. The molecule has 6 aromatic rings. The van der Waals surface area contributed by atoms with E-state index in [1.54, 1.807) is 18.5 Å². The van der Waals surface area contributed by atoms with Crippen molar-refractivity contribution in [1.29, 1.82) is 0 Å².